The molecule has 17 heavy (non-hydrogen) atoms. The van der Waals surface area contributed by atoms with Gasteiger partial charge in [-0.3, -0.25) is 0 Å². The van der Waals surface area contributed by atoms with Crippen molar-refractivity contribution in [1.29, 1.82) is 0 Å². The summed E-state index contributed by atoms with van der Waals surface area (Å²) in [6, 6.07) is 5.40. The van der Waals surface area contributed by atoms with Crippen molar-refractivity contribution in [2.75, 3.05) is 7.11 Å². The molecule has 0 saturated heterocycles. The van der Waals surface area contributed by atoms with Crippen LogP contribution < -0.4 is 0 Å². The highest BCUT2D eigenvalue weighted by atomic mass is 32.2. The number of esters is 1. The van der Waals surface area contributed by atoms with Crippen LogP contribution in [0.15, 0.2) is 29.2 Å². The summed E-state index contributed by atoms with van der Waals surface area (Å²) in [4.78, 5) is 10.8. The maximum atomic E-state index is 12.0. The van der Waals surface area contributed by atoms with Gasteiger partial charge in [-0.2, -0.15) is 13.2 Å². The summed E-state index contributed by atoms with van der Waals surface area (Å²) < 4.78 is 40.3. The van der Waals surface area contributed by atoms with Gasteiger partial charge in [0, 0.05) is 16.4 Å². The lowest BCUT2D eigenvalue weighted by Crippen LogP contribution is -1.98. The highest BCUT2D eigenvalue weighted by Gasteiger charge is 2.28. The first-order valence-electron chi connectivity index (χ1n) is 4.36. The van der Waals surface area contributed by atoms with Crippen LogP contribution >= 0.6 is 11.8 Å². The van der Waals surface area contributed by atoms with Crippen molar-refractivity contribution in [1.82, 2.24) is 0 Å². The molecule has 0 radical (unpaired) electrons. The summed E-state index contributed by atoms with van der Waals surface area (Å²) >= 11 is -0.201. The Morgan fingerprint density at radius 1 is 1.29 bits per heavy atom. The molecule has 0 atom stereocenters. The average Bonchev–Trinajstić information content (AvgIpc) is 2.25. The molecular weight excluding hydrogens is 253 g/mol. The Balaban J connectivity index is 2.74. The number of carbonyl (C=O) groups is 1. The number of carbonyl (C=O) groups excluding carboxylic acids is 1. The predicted octanol–water partition coefficient (Wildman–Crippen LogP) is 2.82. The second kappa shape index (κ2) is 5.64. The quantitative estimate of drug-likeness (QED) is 0.441. The normalized spacial score (nSPS) is 10.4. The van der Waals surface area contributed by atoms with E-state index in [4.69, 9.17) is 0 Å². The van der Waals surface area contributed by atoms with Gasteiger partial charge in [0.1, 0.15) is 0 Å². The van der Waals surface area contributed by atoms with Gasteiger partial charge >= 0.3 is 11.5 Å². The maximum absolute atomic E-state index is 12.0. The van der Waals surface area contributed by atoms with Crippen LogP contribution in [0.2, 0.25) is 0 Å². The molecule has 0 N–H and O–H groups in total. The number of hydrogen-bond donors (Lipinski definition) is 0. The first kappa shape index (κ1) is 13.5. The molecule has 0 spiro atoms. The predicted molar refractivity (Wildman–Crippen MR) is 57.2 cm³/mol. The van der Waals surface area contributed by atoms with Crippen LogP contribution in [0.1, 0.15) is 5.56 Å². The number of hydrogen-bond acceptors (Lipinski definition) is 3. The van der Waals surface area contributed by atoms with Gasteiger partial charge in [-0.15, -0.1) is 0 Å². The first-order chi connectivity index (χ1) is 7.90. The minimum atomic E-state index is -4.31. The third-order valence-electron chi connectivity index (χ3n) is 1.58. The van der Waals surface area contributed by atoms with Gasteiger partial charge in [0.2, 0.25) is 0 Å². The number of methoxy groups -OCH3 is 1. The Morgan fingerprint density at radius 2 is 1.88 bits per heavy atom. The van der Waals surface area contributed by atoms with Gasteiger partial charge in [0.05, 0.1) is 7.11 Å². The monoisotopic (exact) mass is 260 g/mol. The fourth-order valence-corrected chi connectivity index (χ4v) is 1.45. The topological polar surface area (TPSA) is 26.3 Å². The molecule has 1 rings (SSSR count). The lowest BCUT2D eigenvalue weighted by molar-refractivity contribution is -0.133. The average molecular weight is 260 g/mol. The van der Waals surface area contributed by atoms with E-state index < -0.39 is 11.5 Å². The van der Waals surface area contributed by atoms with Crippen molar-refractivity contribution in [2.45, 2.75) is 10.4 Å². The number of rotatable bonds is 1. The van der Waals surface area contributed by atoms with Crippen LogP contribution in [0.4, 0.5) is 13.2 Å². The van der Waals surface area contributed by atoms with Crippen molar-refractivity contribution in [3.63, 3.8) is 0 Å². The SMILES string of the molecule is COC(=O)C#Cc1ccc(SC(F)(F)F)cc1. The van der Waals surface area contributed by atoms with Crippen molar-refractivity contribution in [3.8, 4) is 11.8 Å². The van der Waals surface area contributed by atoms with Gasteiger partial charge < -0.3 is 4.74 Å². The Hall–Kier alpha value is -1.61. The zero-order valence-electron chi connectivity index (χ0n) is 8.67. The molecular formula is C11H7F3O2S. The summed E-state index contributed by atoms with van der Waals surface area (Å²) in [5, 5.41) is 0. The number of halogens is 3. The zero-order valence-corrected chi connectivity index (χ0v) is 9.48. The van der Waals surface area contributed by atoms with E-state index in [1.807, 2.05) is 0 Å². The van der Waals surface area contributed by atoms with E-state index in [0.29, 0.717) is 5.56 Å². The summed E-state index contributed by atoms with van der Waals surface area (Å²) in [7, 11) is 1.19. The summed E-state index contributed by atoms with van der Waals surface area (Å²) in [6.45, 7) is 0. The smallest absolute Gasteiger partial charge is 0.446 e. The third-order valence-corrected chi connectivity index (χ3v) is 2.32. The fraction of sp³-hybridized carbons (Fsp3) is 0.182. The molecule has 0 aliphatic heterocycles. The van der Waals surface area contributed by atoms with Gasteiger partial charge in [-0.25, -0.2) is 4.79 Å². The van der Waals surface area contributed by atoms with Crippen LogP contribution in [-0.4, -0.2) is 18.6 Å². The lowest BCUT2D eigenvalue weighted by atomic mass is 10.2. The zero-order chi connectivity index (χ0) is 12.9. The third kappa shape index (κ3) is 5.31. The van der Waals surface area contributed by atoms with Crippen molar-refractivity contribution >= 4 is 17.7 Å². The molecule has 2 nitrogen and oxygen atoms in total. The van der Waals surface area contributed by atoms with E-state index in [1.54, 1.807) is 0 Å². The molecule has 6 heteroatoms. The number of benzene rings is 1. The molecule has 1 aromatic carbocycles. The highest BCUT2D eigenvalue weighted by molar-refractivity contribution is 8.00. The van der Waals surface area contributed by atoms with Crippen LogP contribution in [0.25, 0.3) is 0 Å². The molecule has 0 fully saturated rings. The van der Waals surface area contributed by atoms with E-state index in [2.05, 4.69) is 16.6 Å². The molecule has 0 bridgehead atoms. The van der Waals surface area contributed by atoms with E-state index in [-0.39, 0.29) is 16.7 Å². The first-order valence-corrected chi connectivity index (χ1v) is 5.18. The van der Waals surface area contributed by atoms with Crippen LogP contribution in [0.5, 0.6) is 0 Å². The van der Waals surface area contributed by atoms with E-state index in [9.17, 15) is 18.0 Å². The highest BCUT2D eigenvalue weighted by Crippen LogP contribution is 2.36. The van der Waals surface area contributed by atoms with E-state index in [0.717, 1.165) is 0 Å². The Labute approximate surface area is 100 Å². The largest absolute Gasteiger partial charge is 0.459 e. The van der Waals surface area contributed by atoms with Crippen LogP contribution in [-0.2, 0) is 9.53 Å². The molecule has 0 heterocycles. The number of ether oxygens (including phenoxy) is 1. The molecule has 0 unspecified atom stereocenters. The van der Waals surface area contributed by atoms with Crippen LogP contribution in [0, 0.1) is 11.8 Å². The van der Waals surface area contributed by atoms with E-state index >= 15 is 0 Å². The molecule has 1 aromatic rings. The molecule has 0 saturated carbocycles. The summed E-state index contributed by atoms with van der Waals surface area (Å²) in [5.74, 6) is 3.95. The van der Waals surface area contributed by atoms with E-state index in [1.165, 1.54) is 31.4 Å². The van der Waals surface area contributed by atoms with Crippen LogP contribution in [0.3, 0.4) is 0 Å². The van der Waals surface area contributed by atoms with Gasteiger partial charge in [-0.1, -0.05) is 5.92 Å². The Bertz CT molecular complexity index is 454. The molecule has 0 amide bonds. The van der Waals surface area contributed by atoms with Gasteiger partial charge in [0.25, 0.3) is 0 Å². The summed E-state index contributed by atoms with van der Waals surface area (Å²) in [5.41, 5.74) is -3.86. The molecule has 0 aliphatic carbocycles. The maximum Gasteiger partial charge on any atom is 0.446 e. The second-order valence-electron chi connectivity index (χ2n) is 2.81. The van der Waals surface area contributed by atoms with Gasteiger partial charge in [-0.05, 0) is 36.0 Å². The number of thioether (sulfide) groups is 1. The van der Waals surface area contributed by atoms with Crippen molar-refractivity contribution in [3.05, 3.63) is 29.8 Å². The number of alkyl halides is 3. The molecule has 0 aromatic heterocycles. The lowest BCUT2D eigenvalue weighted by Gasteiger charge is -2.04. The molecule has 0 aliphatic rings. The Morgan fingerprint density at radius 3 is 2.35 bits per heavy atom. The van der Waals surface area contributed by atoms with Gasteiger partial charge in [0.15, 0.2) is 0 Å². The van der Waals surface area contributed by atoms with Crippen molar-refractivity contribution in [2.24, 2.45) is 0 Å². The molecule has 90 valence electrons. The fourth-order valence-electron chi connectivity index (χ4n) is 0.914. The van der Waals surface area contributed by atoms with Crippen molar-refractivity contribution < 1.29 is 22.7 Å². The minimum Gasteiger partial charge on any atom is -0.459 e. The Kier molecular flexibility index (Phi) is 4.46. The second-order valence-corrected chi connectivity index (χ2v) is 3.95. The summed E-state index contributed by atoms with van der Waals surface area (Å²) in [6.07, 6.45) is 0. The standard InChI is InChI=1S/C11H7F3O2S/c1-16-10(15)7-4-8-2-5-9(6-3-8)17-11(12,13)14/h2-3,5-6H,1H3. The minimum absolute atomic E-state index is 0.0705.